The molecule has 1 aromatic carbocycles. The standard InChI is InChI=1S/C18H27ClN4O/c1-20-18(21-12-13-3-4-14(19)11-17(13)24-2)22-15-7-9-23(10-8-15)16-5-6-16/h3-4,11,15-16H,5-10,12H2,1-2H3,(H2,20,21,22). The maximum absolute atomic E-state index is 6.01. The zero-order valence-electron chi connectivity index (χ0n) is 14.5. The summed E-state index contributed by atoms with van der Waals surface area (Å²) in [6.45, 7) is 3.05. The molecule has 1 aromatic rings. The van der Waals surface area contributed by atoms with Crippen LogP contribution in [0.25, 0.3) is 0 Å². The number of likely N-dealkylation sites (tertiary alicyclic amines) is 1. The third-order valence-corrected chi connectivity index (χ3v) is 5.09. The minimum absolute atomic E-state index is 0.498. The molecule has 0 unspecified atom stereocenters. The maximum atomic E-state index is 6.01. The Balaban J connectivity index is 1.48. The summed E-state index contributed by atoms with van der Waals surface area (Å²) in [6.07, 6.45) is 5.15. The molecule has 0 spiro atoms. The van der Waals surface area contributed by atoms with Crippen molar-refractivity contribution in [2.75, 3.05) is 27.2 Å². The van der Waals surface area contributed by atoms with Crippen molar-refractivity contribution in [2.45, 2.75) is 44.3 Å². The second-order valence-corrected chi connectivity index (χ2v) is 7.00. The van der Waals surface area contributed by atoms with Gasteiger partial charge in [0.25, 0.3) is 0 Å². The topological polar surface area (TPSA) is 48.9 Å². The molecule has 1 aliphatic heterocycles. The number of nitrogens with zero attached hydrogens (tertiary/aromatic N) is 2. The van der Waals surface area contributed by atoms with Crippen molar-refractivity contribution in [2.24, 2.45) is 4.99 Å². The molecular weight excluding hydrogens is 324 g/mol. The molecule has 1 saturated carbocycles. The van der Waals surface area contributed by atoms with Crippen molar-refractivity contribution in [1.82, 2.24) is 15.5 Å². The van der Waals surface area contributed by atoms with Crippen LogP contribution in [0.15, 0.2) is 23.2 Å². The summed E-state index contributed by atoms with van der Waals surface area (Å²) in [4.78, 5) is 6.98. The summed E-state index contributed by atoms with van der Waals surface area (Å²) in [6, 6.07) is 7.07. The van der Waals surface area contributed by atoms with Crippen LogP contribution in [0.4, 0.5) is 0 Å². The fraction of sp³-hybridized carbons (Fsp3) is 0.611. The third kappa shape index (κ3) is 4.54. The molecule has 1 saturated heterocycles. The molecule has 2 N–H and O–H groups in total. The van der Waals surface area contributed by atoms with Crippen LogP contribution in [0.5, 0.6) is 5.75 Å². The summed E-state index contributed by atoms with van der Waals surface area (Å²) in [5.41, 5.74) is 1.06. The summed E-state index contributed by atoms with van der Waals surface area (Å²) in [5.74, 6) is 1.64. The van der Waals surface area contributed by atoms with Crippen molar-refractivity contribution < 1.29 is 4.74 Å². The number of ether oxygens (including phenoxy) is 1. The van der Waals surface area contributed by atoms with Crippen molar-refractivity contribution in [1.29, 1.82) is 0 Å². The number of rotatable bonds is 5. The molecule has 0 radical (unpaired) electrons. The van der Waals surface area contributed by atoms with Gasteiger partial charge in [-0.25, -0.2) is 0 Å². The van der Waals surface area contributed by atoms with Gasteiger partial charge in [-0.1, -0.05) is 17.7 Å². The number of guanidine groups is 1. The first-order valence-electron chi connectivity index (χ1n) is 8.73. The molecule has 132 valence electrons. The highest BCUT2D eigenvalue weighted by Crippen LogP contribution is 2.29. The molecule has 2 aliphatic rings. The van der Waals surface area contributed by atoms with E-state index in [0.717, 1.165) is 23.3 Å². The fourth-order valence-corrected chi connectivity index (χ4v) is 3.44. The van der Waals surface area contributed by atoms with Gasteiger partial charge < -0.3 is 20.3 Å². The summed E-state index contributed by atoms with van der Waals surface area (Å²) in [7, 11) is 3.48. The number of nitrogens with one attached hydrogen (secondary N) is 2. The van der Waals surface area contributed by atoms with E-state index in [1.165, 1.54) is 38.8 Å². The van der Waals surface area contributed by atoms with Crippen LogP contribution in [-0.2, 0) is 6.54 Å². The lowest BCUT2D eigenvalue weighted by atomic mass is 10.1. The van der Waals surface area contributed by atoms with E-state index in [1.54, 1.807) is 7.11 Å². The first kappa shape index (κ1) is 17.4. The predicted octanol–water partition coefficient (Wildman–Crippen LogP) is 2.64. The van der Waals surface area contributed by atoms with Crippen molar-refractivity contribution in [3.63, 3.8) is 0 Å². The van der Waals surface area contributed by atoms with E-state index in [9.17, 15) is 0 Å². The lowest BCUT2D eigenvalue weighted by Gasteiger charge is -2.33. The molecule has 2 fully saturated rings. The predicted molar refractivity (Wildman–Crippen MR) is 99.0 cm³/mol. The van der Waals surface area contributed by atoms with Gasteiger partial charge in [0.2, 0.25) is 0 Å². The normalized spacial score (nSPS) is 20.0. The fourth-order valence-electron chi connectivity index (χ4n) is 3.28. The Kier molecular flexibility index (Phi) is 5.85. The Hall–Kier alpha value is -1.46. The first-order chi connectivity index (χ1) is 11.7. The molecule has 0 bridgehead atoms. The zero-order chi connectivity index (χ0) is 16.9. The highest BCUT2D eigenvalue weighted by Gasteiger charge is 2.31. The Morgan fingerprint density at radius 1 is 1.29 bits per heavy atom. The van der Waals surface area contributed by atoms with Gasteiger partial charge >= 0.3 is 0 Å². The second-order valence-electron chi connectivity index (χ2n) is 6.57. The van der Waals surface area contributed by atoms with Crippen molar-refractivity contribution in [3.8, 4) is 5.75 Å². The number of methoxy groups -OCH3 is 1. The van der Waals surface area contributed by atoms with Gasteiger partial charge in [0, 0.05) is 49.4 Å². The molecule has 0 aromatic heterocycles. The number of halogens is 1. The van der Waals surface area contributed by atoms with E-state index in [4.69, 9.17) is 16.3 Å². The van der Waals surface area contributed by atoms with Gasteiger partial charge in [-0.3, -0.25) is 4.99 Å². The van der Waals surface area contributed by atoms with E-state index in [0.29, 0.717) is 17.6 Å². The minimum Gasteiger partial charge on any atom is -0.496 e. The van der Waals surface area contributed by atoms with Gasteiger partial charge in [0.1, 0.15) is 5.75 Å². The molecule has 0 amide bonds. The second kappa shape index (κ2) is 8.08. The number of piperidine rings is 1. The van der Waals surface area contributed by atoms with Crippen LogP contribution in [0, 0.1) is 0 Å². The Labute approximate surface area is 149 Å². The number of hydrogen-bond acceptors (Lipinski definition) is 3. The van der Waals surface area contributed by atoms with Gasteiger partial charge in [0.05, 0.1) is 7.11 Å². The lowest BCUT2D eigenvalue weighted by Crippen LogP contribution is -2.48. The minimum atomic E-state index is 0.498. The summed E-state index contributed by atoms with van der Waals surface area (Å²) in [5, 5.41) is 7.61. The van der Waals surface area contributed by atoms with Gasteiger partial charge in [-0.2, -0.15) is 0 Å². The monoisotopic (exact) mass is 350 g/mol. The number of aliphatic imine (C=N–C) groups is 1. The molecular formula is C18H27ClN4O. The lowest BCUT2D eigenvalue weighted by molar-refractivity contribution is 0.197. The highest BCUT2D eigenvalue weighted by molar-refractivity contribution is 6.30. The third-order valence-electron chi connectivity index (χ3n) is 4.85. The number of benzene rings is 1. The Morgan fingerprint density at radius 2 is 2.04 bits per heavy atom. The van der Waals surface area contributed by atoms with Crippen molar-refractivity contribution in [3.05, 3.63) is 28.8 Å². The van der Waals surface area contributed by atoms with E-state index < -0.39 is 0 Å². The van der Waals surface area contributed by atoms with Crippen LogP contribution >= 0.6 is 11.6 Å². The van der Waals surface area contributed by atoms with E-state index >= 15 is 0 Å². The maximum Gasteiger partial charge on any atom is 0.191 e. The largest absolute Gasteiger partial charge is 0.496 e. The summed E-state index contributed by atoms with van der Waals surface area (Å²) < 4.78 is 5.39. The van der Waals surface area contributed by atoms with Crippen LogP contribution in [0.1, 0.15) is 31.2 Å². The molecule has 1 aliphatic carbocycles. The van der Waals surface area contributed by atoms with Gasteiger partial charge in [-0.05, 0) is 37.8 Å². The quantitative estimate of drug-likeness (QED) is 0.633. The van der Waals surface area contributed by atoms with E-state index in [2.05, 4.69) is 20.5 Å². The van der Waals surface area contributed by atoms with Crippen LogP contribution < -0.4 is 15.4 Å². The Bertz CT molecular complexity index is 580. The molecule has 5 nitrogen and oxygen atoms in total. The van der Waals surface area contributed by atoms with Crippen LogP contribution in [0.2, 0.25) is 5.02 Å². The number of hydrogen-bond donors (Lipinski definition) is 2. The SMILES string of the molecule is CN=C(NCc1ccc(Cl)cc1OC)NC1CCN(C2CC2)CC1. The first-order valence-corrected chi connectivity index (χ1v) is 9.11. The molecule has 3 rings (SSSR count). The average molecular weight is 351 g/mol. The summed E-state index contributed by atoms with van der Waals surface area (Å²) >= 11 is 6.01. The van der Waals surface area contributed by atoms with Gasteiger partial charge in [0.15, 0.2) is 5.96 Å². The molecule has 6 heteroatoms. The molecule has 24 heavy (non-hydrogen) atoms. The van der Waals surface area contributed by atoms with E-state index in [1.807, 2.05) is 25.2 Å². The van der Waals surface area contributed by atoms with Crippen molar-refractivity contribution >= 4 is 17.6 Å². The van der Waals surface area contributed by atoms with Gasteiger partial charge in [-0.15, -0.1) is 0 Å². The van der Waals surface area contributed by atoms with E-state index in [-0.39, 0.29) is 0 Å². The van der Waals surface area contributed by atoms with Crippen LogP contribution in [-0.4, -0.2) is 50.2 Å². The van der Waals surface area contributed by atoms with Crippen LogP contribution in [0.3, 0.4) is 0 Å². The zero-order valence-corrected chi connectivity index (χ0v) is 15.3. The molecule has 1 heterocycles. The molecule has 0 atom stereocenters. The Morgan fingerprint density at radius 3 is 2.67 bits per heavy atom. The highest BCUT2D eigenvalue weighted by atomic mass is 35.5. The smallest absolute Gasteiger partial charge is 0.191 e. The average Bonchev–Trinajstić information content (AvgIpc) is 3.45.